The molecule has 0 saturated heterocycles. The minimum atomic E-state index is 0.848. The van der Waals surface area contributed by atoms with Crippen LogP contribution in [0, 0.1) is 0 Å². The van der Waals surface area contributed by atoms with Crippen LogP contribution < -0.4 is 14.2 Å². The van der Waals surface area contributed by atoms with Crippen LogP contribution in [0.4, 0.5) is 0 Å². The molecule has 3 nitrogen and oxygen atoms in total. The molecule has 0 fully saturated rings. The lowest BCUT2D eigenvalue weighted by Crippen LogP contribution is -1.89. The van der Waals surface area contributed by atoms with E-state index in [1.165, 1.54) is 0 Å². The summed E-state index contributed by atoms with van der Waals surface area (Å²) in [5, 5.41) is 0. The Balaban J connectivity index is 1.34. The fraction of sp³-hybridized carbons (Fsp3) is 0.0667. The Morgan fingerprint density at radius 3 is 0.667 bits per heavy atom. The fourth-order valence-corrected chi connectivity index (χ4v) is 6.11. The van der Waals surface area contributed by atoms with E-state index in [1.807, 2.05) is 36.4 Å². The van der Waals surface area contributed by atoms with Crippen LogP contribution in [-0.2, 0) is 0 Å². The summed E-state index contributed by atoms with van der Waals surface area (Å²) in [4.78, 5) is 0. The molecule has 0 spiro atoms. The first-order chi connectivity index (χ1) is 23.6. The van der Waals surface area contributed by atoms with Gasteiger partial charge in [0, 0.05) is 0 Å². The molecule has 0 N–H and O–H groups in total. The maximum absolute atomic E-state index is 5.39. The molecular formula is C45H36O3. The molecule has 234 valence electrons. The van der Waals surface area contributed by atoms with Gasteiger partial charge in [-0.2, -0.15) is 0 Å². The zero-order valence-corrected chi connectivity index (χ0v) is 27.3. The van der Waals surface area contributed by atoms with Crippen LogP contribution in [0.25, 0.3) is 66.8 Å². The Morgan fingerprint density at radius 1 is 0.229 bits per heavy atom. The fourth-order valence-electron chi connectivity index (χ4n) is 6.11. The van der Waals surface area contributed by atoms with Crippen LogP contribution in [0.1, 0.15) is 0 Å². The number of hydrogen-bond donors (Lipinski definition) is 0. The quantitative estimate of drug-likeness (QED) is 0.160. The van der Waals surface area contributed by atoms with E-state index in [0.29, 0.717) is 0 Å². The van der Waals surface area contributed by atoms with Crippen molar-refractivity contribution < 1.29 is 14.2 Å². The van der Waals surface area contributed by atoms with Gasteiger partial charge in [0.2, 0.25) is 0 Å². The van der Waals surface area contributed by atoms with Crippen molar-refractivity contribution in [3.05, 3.63) is 164 Å². The van der Waals surface area contributed by atoms with Crippen LogP contribution in [0.3, 0.4) is 0 Å². The number of methoxy groups -OCH3 is 3. The lowest BCUT2D eigenvalue weighted by Gasteiger charge is -2.14. The number of rotatable bonds is 9. The van der Waals surface area contributed by atoms with Crippen LogP contribution in [0.5, 0.6) is 17.2 Å². The summed E-state index contributed by atoms with van der Waals surface area (Å²) in [6.07, 6.45) is 0. The molecule has 48 heavy (non-hydrogen) atoms. The minimum Gasteiger partial charge on any atom is -0.497 e. The highest BCUT2D eigenvalue weighted by Crippen LogP contribution is 2.37. The summed E-state index contributed by atoms with van der Waals surface area (Å²) in [5.41, 5.74) is 13.8. The van der Waals surface area contributed by atoms with Crippen LogP contribution in [-0.4, -0.2) is 21.3 Å². The van der Waals surface area contributed by atoms with Gasteiger partial charge in [0.05, 0.1) is 21.3 Å². The third-order valence-corrected chi connectivity index (χ3v) is 8.79. The standard InChI is InChI=1S/C45H36O3/c1-46-43-19-13-31(14-20-43)34-7-4-10-37(25-34)40-28-41(38-11-5-8-35(26-38)32-15-21-44(47-2)22-16-32)30-42(29-40)39-12-6-9-36(27-39)33-17-23-45(48-3)24-18-33/h4-30H,1-3H3. The van der Waals surface area contributed by atoms with Crippen LogP contribution in [0.2, 0.25) is 0 Å². The normalized spacial score (nSPS) is 10.8. The maximum atomic E-state index is 5.39. The molecule has 7 aromatic rings. The first-order valence-corrected chi connectivity index (χ1v) is 16.0. The summed E-state index contributed by atoms with van der Waals surface area (Å²) >= 11 is 0. The van der Waals surface area contributed by atoms with Crippen molar-refractivity contribution in [3.8, 4) is 84.0 Å². The van der Waals surface area contributed by atoms with Gasteiger partial charge in [-0.15, -0.1) is 0 Å². The monoisotopic (exact) mass is 624 g/mol. The van der Waals surface area contributed by atoms with Gasteiger partial charge in [0.15, 0.2) is 0 Å². The predicted octanol–water partition coefficient (Wildman–Crippen LogP) is 11.7. The molecule has 0 aliphatic carbocycles. The average Bonchev–Trinajstić information content (AvgIpc) is 3.18. The summed E-state index contributed by atoms with van der Waals surface area (Å²) in [6, 6.07) is 57.9. The summed E-state index contributed by atoms with van der Waals surface area (Å²) in [7, 11) is 5.08. The molecule has 7 aromatic carbocycles. The predicted molar refractivity (Wildman–Crippen MR) is 199 cm³/mol. The van der Waals surface area contributed by atoms with Crippen molar-refractivity contribution in [2.75, 3.05) is 21.3 Å². The third-order valence-electron chi connectivity index (χ3n) is 8.79. The number of benzene rings is 7. The molecule has 0 aliphatic heterocycles. The topological polar surface area (TPSA) is 27.7 Å². The van der Waals surface area contributed by atoms with Gasteiger partial charge in [0.25, 0.3) is 0 Å². The third kappa shape index (κ3) is 6.58. The zero-order valence-electron chi connectivity index (χ0n) is 27.3. The van der Waals surface area contributed by atoms with Gasteiger partial charge in [-0.05, 0) is 140 Å². The molecular weight excluding hydrogens is 588 g/mol. The van der Waals surface area contributed by atoms with Gasteiger partial charge in [-0.3, -0.25) is 0 Å². The molecule has 3 heteroatoms. The van der Waals surface area contributed by atoms with Crippen LogP contribution in [0.15, 0.2) is 164 Å². The van der Waals surface area contributed by atoms with E-state index in [-0.39, 0.29) is 0 Å². The Bertz CT molecular complexity index is 1900. The zero-order chi connectivity index (χ0) is 32.9. The molecule has 0 unspecified atom stereocenters. The molecule has 0 amide bonds. The van der Waals surface area contributed by atoms with Gasteiger partial charge in [0.1, 0.15) is 17.2 Å². The Hall–Kier alpha value is -6.06. The Labute approximate surface area is 282 Å². The lowest BCUT2D eigenvalue weighted by atomic mass is 9.90. The second-order valence-electron chi connectivity index (χ2n) is 11.7. The van der Waals surface area contributed by atoms with Gasteiger partial charge < -0.3 is 14.2 Å². The smallest absolute Gasteiger partial charge is 0.118 e. The first-order valence-electron chi connectivity index (χ1n) is 16.0. The van der Waals surface area contributed by atoms with Crippen LogP contribution >= 0.6 is 0 Å². The van der Waals surface area contributed by atoms with Crippen molar-refractivity contribution >= 4 is 0 Å². The largest absolute Gasteiger partial charge is 0.497 e. The van der Waals surface area contributed by atoms with E-state index in [2.05, 4.69) is 127 Å². The lowest BCUT2D eigenvalue weighted by molar-refractivity contribution is 0.415. The molecule has 0 radical (unpaired) electrons. The molecule has 0 aromatic heterocycles. The SMILES string of the molecule is COc1ccc(-c2cccc(-c3cc(-c4cccc(-c5ccc(OC)cc5)c4)cc(-c4cccc(-c5ccc(OC)cc5)c4)c3)c2)cc1. The minimum absolute atomic E-state index is 0.848. The Morgan fingerprint density at radius 2 is 0.438 bits per heavy atom. The summed E-state index contributed by atoms with van der Waals surface area (Å²) < 4.78 is 16.2. The van der Waals surface area contributed by atoms with Crippen molar-refractivity contribution in [1.29, 1.82) is 0 Å². The molecule has 0 bridgehead atoms. The molecule has 0 aliphatic rings. The van der Waals surface area contributed by atoms with E-state index < -0.39 is 0 Å². The van der Waals surface area contributed by atoms with Gasteiger partial charge >= 0.3 is 0 Å². The highest BCUT2D eigenvalue weighted by Gasteiger charge is 2.11. The highest BCUT2D eigenvalue weighted by atomic mass is 16.5. The van der Waals surface area contributed by atoms with Gasteiger partial charge in [-0.25, -0.2) is 0 Å². The second kappa shape index (κ2) is 13.7. The average molecular weight is 625 g/mol. The van der Waals surface area contributed by atoms with Crippen molar-refractivity contribution in [1.82, 2.24) is 0 Å². The van der Waals surface area contributed by atoms with E-state index in [0.717, 1.165) is 84.0 Å². The van der Waals surface area contributed by atoms with E-state index in [1.54, 1.807) is 21.3 Å². The maximum Gasteiger partial charge on any atom is 0.118 e. The molecule has 0 atom stereocenters. The van der Waals surface area contributed by atoms with E-state index in [9.17, 15) is 0 Å². The van der Waals surface area contributed by atoms with Crippen molar-refractivity contribution in [2.24, 2.45) is 0 Å². The van der Waals surface area contributed by atoms with E-state index in [4.69, 9.17) is 14.2 Å². The summed E-state index contributed by atoms with van der Waals surface area (Å²) in [6.45, 7) is 0. The van der Waals surface area contributed by atoms with Crippen molar-refractivity contribution in [2.45, 2.75) is 0 Å². The molecule has 7 rings (SSSR count). The Kier molecular flexibility index (Phi) is 8.76. The van der Waals surface area contributed by atoms with E-state index >= 15 is 0 Å². The summed E-state index contributed by atoms with van der Waals surface area (Å²) in [5.74, 6) is 2.54. The number of hydrogen-bond acceptors (Lipinski definition) is 3. The highest BCUT2D eigenvalue weighted by molar-refractivity contribution is 5.85. The van der Waals surface area contributed by atoms with Gasteiger partial charge in [-0.1, -0.05) is 91.0 Å². The molecule has 0 saturated carbocycles. The van der Waals surface area contributed by atoms with Crippen molar-refractivity contribution in [3.63, 3.8) is 0 Å². The first kappa shape index (κ1) is 30.6. The second-order valence-corrected chi connectivity index (χ2v) is 11.7. The number of ether oxygens (including phenoxy) is 3. The molecule has 0 heterocycles.